The number of aromatic nitrogens is 3. The average molecular weight is 246 g/mol. The van der Waals surface area contributed by atoms with Crippen LogP contribution in [0.4, 0.5) is 0 Å². The molecule has 0 radical (unpaired) electrons. The van der Waals surface area contributed by atoms with E-state index in [1.54, 1.807) is 12.1 Å². The van der Waals surface area contributed by atoms with Crippen molar-refractivity contribution in [1.82, 2.24) is 15.2 Å². The summed E-state index contributed by atoms with van der Waals surface area (Å²) in [5.74, 6) is -0.673. The standard InChI is InChI=1S/C12H13N3O3/c1-12(2,3)11-15-14-9(18-11)7-5-4-6-8(13-7)10(16)17/h4-6H,1-3H3,(H,16,17)/p-1. The molecule has 0 unspecified atom stereocenters. The van der Waals surface area contributed by atoms with E-state index < -0.39 is 5.97 Å². The summed E-state index contributed by atoms with van der Waals surface area (Å²) in [5.41, 5.74) is -0.111. The quantitative estimate of drug-likeness (QED) is 0.777. The van der Waals surface area contributed by atoms with Gasteiger partial charge in [-0.05, 0) is 12.1 Å². The summed E-state index contributed by atoms with van der Waals surface area (Å²) in [6.45, 7) is 5.82. The van der Waals surface area contributed by atoms with Gasteiger partial charge in [-0.2, -0.15) is 0 Å². The van der Waals surface area contributed by atoms with Crippen LogP contribution >= 0.6 is 0 Å². The molecule has 0 saturated carbocycles. The zero-order valence-corrected chi connectivity index (χ0v) is 10.3. The van der Waals surface area contributed by atoms with Crippen molar-refractivity contribution in [2.45, 2.75) is 26.2 Å². The van der Waals surface area contributed by atoms with Crippen LogP contribution in [0.1, 0.15) is 37.2 Å². The molecule has 6 nitrogen and oxygen atoms in total. The fourth-order valence-corrected chi connectivity index (χ4v) is 1.30. The molecule has 0 amide bonds. The van der Waals surface area contributed by atoms with E-state index >= 15 is 0 Å². The van der Waals surface area contributed by atoms with Crippen LogP contribution in [-0.2, 0) is 5.41 Å². The number of carbonyl (C=O) groups excluding carboxylic acids is 1. The molecule has 2 aromatic rings. The Morgan fingerprint density at radius 1 is 1.28 bits per heavy atom. The fraction of sp³-hybridized carbons (Fsp3) is 0.333. The van der Waals surface area contributed by atoms with Crippen molar-refractivity contribution in [3.63, 3.8) is 0 Å². The lowest BCUT2D eigenvalue weighted by Crippen LogP contribution is -2.23. The molecule has 2 heterocycles. The summed E-state index contributed by atoms with van der Waals surface area (Å²) in [4.78, 5) is 14.6. The normalized spacial score (nSPS) is 11.5. The maximum absolute atomic E-state index is 10.7. The second kappa shape index (κ2) is 4.21. The number of hydrogen-bond donors (Lipinski definition) is 0. The second-order valence-corrected chi connectivity index (χ2v) is 4.86. The van der Waals surface area contributed by atoms with E-state index in [-0.39, 0.29) is 17.0 Å². The van der Waals surface area contributed by atoms with Crippen LogP contribution in [0.15, 0.2) is 22.6 Å². The van der Waals surface area contributed by atoms with E-state index in [1.165, 1.54) is 6.07 Å². The first-order chi connectivity index (χ1) is 8.38. The van der Waals surface area contributed by atoms with Gasteiger partial charge in [-0.1, -0.05) is 26.8 Å². The van der Waals surface area contributed by atoms with Gasteiger partial charge >= 0.3 is 0 Å². The van der Waals surface area contributed by atoms with Crippen LogP contribution in [0.25, 0.3) is 11.6 Å². The molecule has 94 valence electrons. The molecule has 6 heteroatoms. The van der Waals surface area contributed by atoms with Gasteiger partial charge in [-0.3, -0.25) is 0 Å². The number of aromatic carboxylic acids is 1. The smallest absolute Gasteiger partial charge is 0.266 e. The van der Waals surface area contributed by atoms with Crippen LogP contribution in [0.3, 0.4) is 0 Å². The minimum Gasteiger partial charge on any atom is -0.543 e. The third-order valence-corrected chi connectivity index (χ3v) is 2.24. The van der Waals surface area contributed by atoms with Crippen molar-refractivity contribution in [3.05, 3.63) is 29.8 Å². The molecule has 0 atom stereocenters. The predicted octanol–water partition coefficient (Wildman–Crippen LogP) is 0.793. The topological polar surface area (TPSA) is 91.9 Å². The molecule has 0 aliphatic rings. The molecule has 0 bridgehead atoms. The average Bonchev–Trinajstić information content (AvgIpc) is 2.78. The van der Waals surface area contributed by atoms with Gasteiger partial charge in [0.05, 0.1) is 11.7 Å². The summed E-state index contributed by atoms with van der Waals surface area (Å²) in [7, 11) is 0. The number of carboxylic acids is 1. The van der Waals surface area contributed by atoms with Gasteiger partial charge in [0.25, 0.3) is 5.89 Å². The summed E-state index contributed by atoms with van der Waals surface area (Å²) in [6.07, 6.45) is 0. The molecule has 0 saturated heterocycles. The van der Waals surface area contributed by atoms with E-state index in [0.29, 0.717) is 11.6 Å². The van der Waals surface area contributed by atoms with Gasteiger partial charge in [0, 0.05) is 5.41 Å². The number of hydrogen-bond acceptors (Lipinski definition) is 6. The summed E-state index contributed by atoms with van der Waals surface area (Å²) < 4.78 is 5.47. The molecule has 0 aromatic carbocycles. The molecule has 2 rings (SSSR count). The Morgan fingerprint density at radius 2 is 2.00 bits per heavy atom. The Kier molecular flexibility index (Phi) is 2.86. The molecule has 0 spiro atoms. The van der Waals surface area contributed by atoms with E-state index in [9.17, 15) is 9.90 Å². The van der Waals surface area contributed by atoms with Crippen LogP contribution in [0.2, 0.25) is 0 Å². The van der Waals surface area contributed by atoms with Gasteiger partial charge < -0.3 is 14.3 Å². The highest BCUT2D eigenvalue weighted by atomic mass is 16.4. The van der Waals surface area contributed by atoms with Gasteiger partial charge in [0.2, 0.25) is 5.89 Å². The van der Waals surface area contributed by atoms with Crippen molar-refractivity contribution in [1.29, 1.82) is 0 Å². The summed E-state index contributed by atoms with van der Waals surface area (Å²) in [5, 5.41) is 18.5. The van der Waals surface area contributed by atoms with Crippen molar-refractivity contribution >= 4 is 5.97 Å². The van der Waals surface area contributed by atoms with Crippen molar-refractivity contribution in [2.24, 2.45) is 0 Å². The molecule has 0 aliphatic heterocycles. The molecule has 0 aliphatic carbocycles. The zero-order valence-electron chi connectivity index (χ0n) is 10.3. The van der Waals surface area contributed by atoms with Crippen LogP contribution < -0.4 is 5.11 Å². The van der Waals surface area contributed by atoms with E-state index in [4.69, 9.17) is 4.42 Å². The van der Waals surface area contributed by atoms with E-state index in [0.717, 1.165) is 0 Å². The van der Waals surface area contributed by atoms with Gasteiger partial charge in [0.15, 0.2) is 0 Å². The van der Waals surface area contributed by atoms with Crippen LogP contribution in [0, 0.1) is 0 Å². The Bertz CT molecular complexity index is 584. The first kappa shape index (κ1) is 12.2. The Morgan fingerprint density at radius 3 is 2.56 bits per heavy atom. The van der Waals surface area contributed by atoms with E-state index in [2.05, 4.69) is 15.2 Å². The van der Waals surface area contributed by atoms with Gasteiger partial charge in [0.1, 0.15) is 5.69 Å². The highest BCUT2D eigenvalue weighted by Crippen LogP contribution is 2.24. The molecule has 2 aromatic heterocycles. The summed E-state index contributed by atoms with van der Waals surface area (Å²) in [6, 6.07) is 4.50. The van der Waals surface area contributed by atoms with E-state index in [1.807, 2.05) is 20.8 Å². The zero-order chi connectivity index (χ0) is 13.3. The van der Waals surface area contributed by atoms with Crippen molar-refractivity contribution < 1.29 is 14.3 Å². The highest BCUT2D eigenvalue weighted by Gasteiger charge is 2.22. The Balaban J connectivity index is 2.40. The highest BCUT2D eigenvalue weighted by molar-refractivity contribution is 5.83. The Labute approximate surface area is 104 Å². The molecular weight excluding hydrogens is 234 g/mol. The van der Waals surface area contributed by atoms with Crippen molar-refractivity contribution in [2.75, 3.05) is 0 Å². The number of pyridine rings is 1. The minimum absolute atomic E-state index is 0.164. The fourth-order valence-electron chi connectivity index (χ4n) is 1.30. The second-order valence-electron chi connectivity index (χ2n) is 4.86. The molecule has 0 N–H and O–H groups in total. The first-order valence-corrected chi connectivity index (χ1v) is 5.40. The third kappa shape index (κ3) is 2.37. The van der Waals surface area contributed by atoms with Crippen LogP contribution in [-0.4, -0.2) is 21.2 Å². The number of carbonyl (C=O) groups is 1. The lowest BCUT2D eigenvalue weighted by Gasteiger charge is -2.10. The number of rotatable bonds is 2. The monoisotopic (exact) mass is 246 g/mol. The predicted molar refractivity (Wildman–Crippen MR) is 60.6 cm³/mol. The third-order valence-electron chi connectivity index (χ3n) is 2.24. The lowest BCUT2D eigenvalue weighted by molar-refractivity contribution is -0.255. The van der Waals surface area contributed by atoms with Gasteiger partial charge in [-0.25, -0.2) is 4.98 Å². The lowest BCUT2D eigenvalue weighted by atomic mass is 9.97. The maximum Gasteiger partial charge on any atom is 0.266 e. The Hall–Kier alpha value is -2.24. The molecular formula is C12H12N3O3-. The minimum atomic E-state index is -1.34. The first-order valence-electron chi connectivity index (χ1n) is 5.40. The maximum atomic E-state index is 10.7. The van der Waals surface area contributed by atoms with Crippen LogP contribution in [0.5, 0.6) is 0 Å². The largest absolute Gasteiger partial charge is 0.543 e. The van der Waals surface area contributed by atoms with Crippen molar-refractivity contribution in [3.8, 4) is 11.6 Å². The SMILES string of the molecule is CC(C)(C)c1nnc(-c2cccc(C(=O)[O-])n2)o1. The number of nitrogens with zero attached hydrogens (tertiary/aromatic N) is 3. The summed E-state index contributed by atoms with van der Waals surface area (Å²) >= 11 is 0. The van der Waals surface area contributed by atoms with Gasteiger partial charge in [-0.15, -0.1) is 10.2 Å². The molecule has 18 heavy (non-hydrogen) atoms. The molecule has 0 fully saturated rings. The number of carboxylic acid groups (broad SMARTS) is 1.